The number of nitrogens with one attached hydrogen (secondary N) is 1. The van der Waals surface area contributed by atoms with E-state index in [0.717, 1.165) is 0 Å². The van der Waals surface area contributed by atoms with E-state index in [4.69, 9.17) is 20.4 Å². The van der Waals surface area contributed by atoms with Gasteiger partial charge in [0.05, 0.1) is 0 Å². The average molecular weight is 249 g/mol. The molecule has 0 saturated heterocycles. The number of aliphatic carboxylic acids is 4. The van der Waals surface area contributed by atoms with Gasteiger partial charge >= 0.3 is 23.9 Å². The van der Waals surface area contributed by atoms with Crippen LogP contribution in [0.4, 0.5) is 0 Å². The molecule has 0 radical (unpaired) electrons. The minimum atomic E-state index is -2.09. The number of hydrogen-bond donors (Lipinski definition) is 5. The van der Waals surface area contributed by atoms with Crippen molar-refractivity contribution in [3.05, 3.63) is 0 Å². The molecular weight excluding hydrogens is 238 g/mol. The molecular formula is C8H11NO8. The summed E-state index contributed by atoms with van der Waals surface area (Å²) >= 11 is 0. The largest absolute Gasteiger partial charge is 0.481 e. The Labute approximate surface area is 94.7 Å². The van der Waals surface area contributed by atoms with E-state index < -0.39 is 48.8 Å². The lowest BCUT2D eigenvalue weighted by Gasteiger charge is -2.16. The molecule has 0 aliphatic rings. The molecule has 0 unspecified atom stereocenters. The summed E-state index contributed by atoms with van der Waals surface area (Å²) in [5.74, 6) is -6.28. The lowest BCUT2D eigenvalue weighted by molar-refractivity contribution is -0.152. The maximum atomic E-state index is 10.7. The fraction of sp³-hybridized carbons (Fsp3) is 0.500. The Hall–Kier alpha value is -2.16. The van der Waals surface area contributed by atoms with E-state index in [9.17, 15) is 19.2 Å². The maximum absolute atomic E-state index is 10.7. The van der Waals surface area contributed by atoms with Crippen molar-refractivity contribution in [3.8, 4) is 0 Å². The van der Waals surface area contributed by atoms with Crippen molar-refractivity contribution in [2.45, 2.75) is 24.9 Å². The summed E-state index contributed by atoms with van der Waals surface area (Å²) in [6.45, 7) is 0. The molecule has 0 heterocycles. The van der Waals surface area contributed by atoms with Crippen molar-refractivity contribution < 1.29 is 39.6 Å². The molecule has 0 bridgehead atoms. The molecule has 0 aromatic carbocycles. The molecule has 17 heavy (non-hydrogen) atoms. The molecule has 96 valence electrons. The summed E-state index contributed by atoms with van der Waals surface area (Å²) in [4.78, 5) is 41.8. The van der Waals surface area contributed by atoms with Crippen LogP contribution < -0.4 is 5.32 Å². The second kappa shape index (κ2) is 6.43. The van der Waals surface area contributed by atoms with Crippen LogP contribution in [0.15, 0.2) is 0 Å². The first-order valence-corrected chi connectivity index (χ1v) is 4.42. The Balaban J connectivity index is 4.61. The fourth-order valence-electron chi connectivity index (χ4n) is 0.995. The van der Waals surface area contributed by atoms with E-state index in [1.165, 1.54) is 0 Å². The minimum Gasteiger partial charge on any atom is -0.481 e. The van der Waals surface area contributed by atoms with E-state index in [1.807, 2.05) is 5.32 Å². The maximum Gasteiger partial charge on any atom is 0.332 e. The third-order valence-corrected chi connectivity index (χ3v) is 1.81. The first-order valence-electron chi connectivity index (χ1n) is 4.42. The molecule has 0 aromatic heterocycles. The Morgan fingerprint density at radius 1 is 0.882 bits per heavy atom. The average Bonchev–Trinajstić information content (AvgIpc) is 2.15. The summed E-state index contributed by atoms with van der Waals surface area (Å²) in [6, 6.07) is -3.65. The Morgan fingerprint density at radius 3 is 1.65 bits per heavy atom. The number of carbonyl (C=O) groups is 4. The van der Waals surface area contributed by atoms with Gasteiger partial charge in [-0.3, -0.25) is 14.9 Å². The highest BCUT2D eigenvalue weighted by Crippen LogP contribution is 2.00. The summed E-state index contributed by atoms with van der Waals surface area (Å²) in [7, 11) is 0. The lowest BCUT2D eigenvalue weighted by Crippen LogP contribution is -2.51. The summed E-state index contributed by atoms with van der Waals surface area (Å²) in [6.07, 6.45) is -0.933. The Morgan fingerprint density at radius 2 is 1.35 bits per heavy atom. The third-order valence-electron chi connectivity index (χ3n) is 1.81. The van der Waals surface area contributed by atoms with Gasteiger partial charge in [0.15, 0.2) is 0 Å². The van der Waals surface area contributed by atoms with Crippen LogP contribution in [0.1, 0.15) is 12.8 Å². The van der Waals surface area contributed by atoms with Gasteiger partial charge in [-0.1, -0.05) is 0 Å². The van der Waals surface area contributed by atoms with Crippen LogP contribution in [0.25, 0.3) is 0 Å². The molecule has 0 rings (SSSR count). The van der Waals surface area contributed by atoms with Crippen molar-refractivity contribution in [1.82, 2.24) is 5.32 Å². The van der Waals surface area contributed by atoms with Crippen LogP contribution in [0.3, 0.4) is 0 Å². The molecule has 0 aliphatic carbocycles. The number of rotatable bonds is 8. The monoisotopic (exact) mass is 249 g/mol. The normalized spacial score (nSPS) is 12.1. The molecule has 9 nitrogen and oxygen atoms in total. The number of hydrogen-bond acceptors (Lipinski definition) is 5. The van der Waals surface area contributed by atoms with Gasteiger partial charge in [0.2, 0.25) is 6.04 Å². The summed E-state index contributed by atoms with van der Waals surface area (Å²) in [5, 5.41) is 35.8. The van der Waals surface area contributed by atoms with Crippen LogP contribution in [0, 0.1) is 0 Å². The van der Waals surface area contributed by atoms with Gasteiger partial charge < -0.3 is 20.4 Å². The molecule has 0 amide bonds. The van der Waals surface area contributed by atoms with Gasteiger partial charge in [-0.05, 0) is 6.42 Å². The minimum absolute atomic E-state index is 0.415. The van der Waals surface area contributed by atoms with Crippen molar-refractivity contribution >= 4 is 23.9 Å². The first kappa shape index (κ1) is 14.8. The molecule has 9 heteroatoms. The van der Waals surface area contributed by atoms with Crippen molar-refractivity contribution in [1.29, 1.82) is 0 Å². The highest BCUT2D eigenvalue weighted by molar-refractivity contribution is 5.97. The highest BCUT2D eigenvalue weighted by atomic mass is 16.4. The van der Waals surface area contributed by atoms with Gasteiger partial charge in [0.25, 0.3) is 0 Å². The van der Waals surface area contributed by atoms with Crippen molar-refractivity contribution in [2.24, 2.45) is 0 Å². The number of carboxylic acids is 4. The SMILES string of the molecule is O=C(O)CC[C@H](NC(C(=O)O)C(=O)O)C(=O)O. The third kappa shape index (κ3) is 5.47. The van der Waals surface area contributed by atoms with Gasteiger partial charge in [-0.25, -0.2) is 9.59 Å². The van der Waals surface area contributed by atoms with Gasteiger partial charge in [0, 0.05) is 6.42 Å². The van der Waals surface area contributed by atoms with Crippen molar-refractivity contribution in [2.75, 3.05) is 0 Å². The number of carboxylic acid groups (broad SMARTS) is 4. The van der Waals surface area contributed by atoms with Crippen LogP contribution >= 0.6 is 0 Å². The van der Waals surface area contributed by atoms with E-state index in [-0.39, 0.29) is 0 Å². The van der Waals surface area contributed by atoms with Gasteiger partial charge in [-0.2, -0.15) is 0 Å². The van der Waals surface area contributed by atoms with Crippen LogP contribution in [-0.2, 0) is 19.2 Å². The smallest absolute Gasteiger partial charge is 0.332 e. The van der Waals surface area contributed by atoms with Gasteiger partial charge in [0.1, 0.15) is 6.04 Å². The standard InChI is InChI=1S/C8H11NO8/c10-4(11)2-1-3(6(12)13)9-5(7(14)15)8(16)17/h3,5,9H,1-2H2,(H,10,11)(H,12,13)(H,14,15)(H,16,17)/t3-/m0/s1. The molecule has 0 fully saturated rings. The fourth-order valence-corrected chi connectivity index (χ4v) is 0.995. The van der Waals surface area contributed by atoms with E-state index in [2.05, 4.69) is 0 Å². The van der Waals surface area contributed by atoms with Crippen molar-refractivity contribution in [3.63, 3.8) is 0 Å². The topological polar surface area (TPSA) is 161 Å². The second-order valence-electron chi connectivity index (χ2n) is 3.10. The zero-order chi connectivity index (χ0) is 13.6. The predicted octanol–water partition coefficient (Wildman–Crippen LogP) is -1.57. The molecule has 0 aliphatic heterocycles. The zero-order valence-corrected chi connectivity index (χ0v) is 8.49. The molecule has 0 saturated carbocycles. The van der Waals surface area contributed by atoms with E-state index in [1.54, 1.807) is 0 Å². The van der Waals surface area contributed by atoms with E-state index >= 15 is 0 Å². The zero-order valence-electron chi connectivity index (χ0n) is 8.49. The van der Waals surface area contributed by atoms with Gasteiger partial charge in [-0.15, -0.1) is 0 Å². The molecule has 1 atom stereocenters. The quantitative estimate of drug-likeness (QED) is 0.320. The van der Waals surface area contributed by atoms with E-state index in [0.29, 0.717) is 0 Å². The molecule has 0 spiro atoms. The van der Waals surface area contributed by atoms with Crippen LogP contribution in [0.2, 0.25) is 0 Å². The lowest BCUT2D eigenvalue weighted by atomic mass is 10.1. The summed E-state index contributed by atoms with van der Waals surface area (Å²) < 4.78 is 0. The molecule has 5 N–H and O–H groups in total. The summed E-state index contributed by atoms with van der Waals surface area (Å²) in [5.41, 5.74) is 0. The predicted molar refractivity (Wildman–Crippen MR) is 50.5 cm³/mol. The highest BCUT2D eigenvalue weighted by Gasteiger charge is 2.31. The second-order valence-corrected chi connectivity index (χ2v) is 3.10. The van der Waals surface area contributed by atoms with Crippen LogP contribution in [-0.4, -0.2) is 56.4 Å². The molecule has 0 aromatic rings. The Bertz CT molecular complexity index is 324. The Kier molecular flexibility index (Phi) is 5.61. The first-order chi connectivity index (χ1) is 7.75. The van der Waals surface area contributed by atoms with Crippen LogP contribution in [0.5, 0.6) is 0 Å².